The molecule has 0 spiro atoms. The van der Waals surface area contributed by atoms with Crippen molar-refractivity contribution in [3.8, 4) is 5.75 Å². The van der Waals surface area contributed by atoms with E-state index in [1.54, 1.807) is 24.3 Å². The summed E-state index contributed by atoms with van der Waals surface area (Å²) >= 11 is 0. The number of amides is 3. The van der Waals surface area contributed by atoms with Gasteiger partial charge in [-0.3, -0.25) is 14.4 Å². The van der Waals surface area contributed by atoms with E-state index in [2.05, 4.69) is 16.0 Å². The minimum atomic E-state index is -0.677. The molecule has 176 valence electrons. The maximum atomic E-state index is 13.0. The van der Waals surface area contributed by atoms with Crippen LogP contribution >= 0.6 is 0 Å². The molecule has 1 saturated carbocycles. The topological polar surface area (TPSA) is 96.5 Å². The van der Waals surface area contributed by atoms with E-state index in [-0.39, 0.29) is 35.6 Å². The quantitative estimate of drug-likeness (QED) is 0.507. The lowest BCUT2D eigenvalue weighted by molar-refractivity contribution is -0.124. The first-order valence-corrected chi connectivity index (χ1v) is 11.5. The Morgan fingerprint density at radius 1 is 0.939 bits per heavy atom. The van der Waals surface area contributed by atoms with Gasteiger partial charge in [-0.25, -0.2) is 0 Å². The number of rotatable bonds is 10. The summed E-state index contributed by atoms with van der Waals surface area (Å²) in [6.07, 6.45) is 1.91. The van der Waals surface area contributed by atoms with Crippen LogP contribution in [0.2, 0.25) is 0 Å². The summed E-state index contributed by atoms with van der Waals surface area (Å²) in [6.45, 7) is 8.13. The van der Waals surface area contributed by atoms with Gasteiger partial charge in [-0.1, -0.05) is 26.0 Å². The van der Waals surface area contributed by atoms with E-state index in [4.69, 9.17) is 4.74 Å². The minimum Gasteiger partial charge on any atom is -0.494 e. The van der Waals surface area contributed by atoms with Crippen LogP contribution in [-0.4, -0.2) is 30.4 Å². The molecule has 1 fully saturated rings. The summed E-state index contributed by atoms with van der Waals surface area (Å²) < 4.78 is 5.41. The van der Waals surface area contributed by atoms with Crippen molar-refractivity contribution in [3.63, 3.8) is 0 Å². The lowest BCUT2D eigenvalue weighted by Crippen LogP contribution is -2.50. The van der Waals surface area contributed by atoms with Crippen molar-refractivity contribution in [2.24, 2.45) is 11.8 Å². The highest BCUT2D eigenvalue weighted by Crippen LogP contribution is 2.30. The Morgan fingerprint density at radius 3 is 2.12 bits per heavy atom. The van der Waals surface area contributed by atoms with Crippen LogP contribution in [0.1, 0.15) is 62.5 Å². The Kier molecular flexibility index (Phi) is 8.09. The van der Waals surface area contributed by atoms with Crippen molar-refractivity contribution in [2.75, 3.05) is 11.9 Å². The van der Waals surface area contributed by atoms with Crippen molar-refractivity contribution in [1.82, 2.24) is 10.6 Å². The number of hydrogen-bond donors (Lipinski definition) is 3. The van der Waals surface area contributed by atoms with Crippen LogP contribution in [0.25, 0.3) is 0 Å². The summed E-state index contributed by atoms with van der Waals surface area (Å²) in [6, 6.07) is 13.4. The molecule has 0 bridgehead atoms. The monoisotopic (exact) mass is 451 g/mol. The van der Waals surface area contributed by atoms with Crippen LogP contribution in [0.15, 0.2) is 48.5 Å². The molecule has 3 N–H and O–H groups in total. The predicted octanol–water partition coefficient (Wildman–Crippen LogP) is 4.07. The van der Waals surface area contributed by atoms with Gasteiger partial charge in [0.25, 0.3) is 5.91 Å². The number of anilines is 1. The normalized spacial score (nSPS) is 14.8. The molecular formula is C26H33N3O4. The van der Waals surface area contributed by atoms with Crippen LogP contribution in [0.3, 0.4) is 0 Å². The minimum absolute atomic E-state index is 0.0622. The van der Waals surface area contributed by atoms with E-state index in [9.17, 15) is 14.4 Å². The number of hydrogen-bond acceptors (Lipinski definition) is 4. The molecule has 3 amide bonds. The zero-order valence-corrected chi connectivity index (χ0v) is 19.7. The zero-order chi connectivity index (χ0) is 24.0. The Hall–Kier alpha value is -3.35. The van der Waals surface area contributed by atoms with E-state index in [1.807, 2.05) is 52.0 Å². The number of carbonyl (C=O) groups excluding carboxylic acids is 3. The molecule has 33 heavy (non-hydrogen) atoms. The number of nitrogens with one attached hydrogen (secondary N) is 3. The molecule has 1 aliphatic rings. The molecule has 2 aromatic carbocycles. The molecule has 0 saturated heterocycles. The highest BCUT2D eigenvalue weighted by atomic mass is 16.5. The SMILES string of the molecule is CCOc1ccc(C(=O)NC(C(=O)NC(C)c2ccc(NC(=O)C3CC3)cc2)C(C)C)cc1. The van der Waals surface area contributed by atoms with Crippen LogP contribution in [-0.2, 0) is 9.59 Å². The van der Waals surface area contributed by atoms with Gasteiger partial charge in [0, 0.05) is 17.2 Å². The fourth-order valence-corrected chi connectivity index (χ4v) is 3.46. The van der Waals surface area contributed by atoms with E-state index in [1.165, 1.54) is 0 Å². The van der Waals surface area contributed by atoms with Gasteiger partial charge in [-0.15, -0.1) is 0 Å². The number of ether oxygens (including phenoxy) is 1. The van der Waals surface area contributed by atoms with Gasteiger partial charge in [0.05, 0.1) is 12.6 Å². The Morgan fingerprint density at radius 2 is 1.58 bits per heavy atom. The lowest BCUT2D eigenvalue weighted by atomic mass is 10.0. The van der Waals surface area contributed by atoms with Crippen molar-refractivity contribution in [1.29, 1.82) is 0 Å². The zero-order valence-electron chi connectivity index (χ0n) is 19.7. The van der Waals surface area contributed by atoms with Crippen LogP contribution < -0.4 is 20.7 Å². The second kappa shape index (κ2) is 11.0. The molecule has 1 aliphatic carbocycles. The van der Waals surface area contributed by atoms with Crippen molar-refractivity contribution < 1.29 is 19.1 Å². The Bertz CT molecular complexity index is 966. The molecule has 2 atom stereocenters. The third kappa shape index (κ3) is 6.81. The largest absolute Gasteiger partial charge is 0.494 e. The van der Waals surface area contributed by atoms with Gasteiger partial charge in [-0.2, -0.15) is 0 Å². The van der Waals surface area contributed by atoms with E-state index in [0.29, 0.717) is 17.9 Å². The molecule has 3 rings (SSSR count). The first kappa shape index (κ1) is 24.3. The van der Waals surface area contributed by atoms with Crippen LogP contribution in [0.5, 0.6) is 5.75 Å². The molecule has 0 radical (unpaired) electrons. The van der Waals surface area contributed by atoms with Crippen LogP contribution in [0, 0.1) is 11.8 Å². The Labute approximate surface area is 195 Å². The highest BCUT2D eigenvalue weighted by molar-refractivity contribution is 5.97. The molecule has 2 aromatic rings. The molecule has 7 heteroatoms. The van der Waals surface area contributed by atoms with E-state index < -0.39 is 6.04 Å². The third-order valence-electron chi connectivity index (χ3n) is 5.65. The van der Waals surface area contributed by atoms with Gasteiger partial charge < -0.3 is 20.7 Å². The van der Waals surface area contributed by atoms with Crippen molar-refractivity contribution in [2.45, 2.75) is 52.6 Å². The first-order valence-electron chi connectivity index (χ1n) is 11.5. The summed E-state index contributed by atoms with van der Waals surface area (Å²) in [5.41, 5.74) is 2.12. The summed E-state index contributed by atoms with van der Waals surface area (Å²) in [5.74, 6) is 0.252. The fourth-order valence-electron chi connectivity index (χ4n) is 3.46. The van der Waals surface area contributed by atoms with E-state index in [0.717, 1.165) is 24.1 Å². The second-order valence-corrected chi connectivity index (χ2v) is 8.77. The summed E-state index contributed by atoms with van der Waals surface area (Å²) in [7, 11) is 0. The van der Waals surface area contributed by atoms with Gasteiger partial charge in [-0.05, 0) is 74.6 Å². The van der Waals surface area contributed by atoms with Crippen LogP contribution in [0.4, 0.5) is 5.69 Å². The number of benzene rings is 2. The molecule has 0 heterocycles. The first-order chi connectivity index (χ1) is 15.8. The smallest absolute Gasteiger partial charge is 0.251 e. The third-order valence-corrected chi connectivity index (χ3v) is 5.65. The van der Waals surface area contributed by atoms with Gasteiger partial charge in [0.2, 0.25) is 11.8 Å². The van der Waals surface area contributed by atoms with Crippen molar-refractivity contribution in [3.05, 3.63) is 59.7 Å². The molecule has 0 aliphatic heterocycles. The van der Waals surface area contributed by atoms with E-state index >= 15 is 0 Å². The number of carbonyl (C=O) groups is 3. The Balaban J connectivity index is 1.58. The lowest BCUT2D eigenvalue weighted by Gasteiger charge is -2.24. The maximum absolute atomic E-state index is 13.0. The summed E-state index contributed by atoms with van der Waals surface area (Å²) in [5, 5.41) is 8.75. The van der Waals surface area contributed by atoms with Gasteiger partial charge >= 0.3 is 0 Å². The molecule has 7 nitrogen and oxygen atoms in total. The second-order valence-electron chi connectivity index (χ2n) is 8.77. The fraction of sp³-hybridized carbons (Fsp3) is 0.423. The molecular weight excluding hydrogens is 418 g/mol. The highest BCUT2D eigenvalue weighted by Gasteiger charge is 2.29. The summed E-state index contributed by atoms with van der Waals surface area (Å²) in [4.78, 5) is 37.6. The van der Waals surface area contributed by atoms with Crippen molar-refractivity contribution >= 4 is 23.4 Å². The molecule has 0 aromatic heterocycles. The standard InChI is InChI=1S/C26H33N3O4/c1-5-33-22-14-10-20(11-15-22)25(31)29-23(16(2)3)26(32)27-17(4)18-8-12-21(13-9-18)28-24(30)19-6-7-19/h8-17,19,23H,5-7H2,1-4H3,(H,27,32)(H,28,30)(H,29,31). The van der Waals surface area contributed by atoms with Gasteiger partial charge in [0.1, 0.15) is 11.8 Å². The van der Waals surface area contributed by atoms with Gasteiger partial charge in [0.15, 0.2) is 0 Å². The average molecular weight is 452 g/mol. The predicted molar refractivity (Wildman–Crippen MR) is 128 cm³/mol. The molecule has 2 unspecified atom stereocenters. The average Bonchev–Trinajstić information content (AvgIpc) is 3.64. The maximum Gasteiger partial charge on any atom is 0.251 e.